The number of benzene rings is 2. The zero-order valence-electron chi connectivity index (χ0n) is 16.1. The number of carbonyl (C=O) groups is 1. The van der Waals surface area contributed by atoms with E-state index in [0.29, 0.717) is 29.4 Å². The molecular weight excluding hydrogens is 368 g/mol. The van der Waals surface area contributed by atoms with Crippen molar-refractivity contribution >= 4 is 22.5 Å². The molecule has 146 valence electrons. The largest absolute Gasteiger partial charge is 0.493 e. The number of carbonyl (C=O) groups excluding carboxylic acids is 1. The van der Waals surface area contributed by atoms with Crippen LogP contribution < -0.4 is 16.2 Å². The van der Waals surface area contributed by atoms with Crippen LogP contribution in [0.2, 0.25) is 0 Å². The Labute approximate surface area is 166 Å². The predicted octanol–water partition coefficient (Wildman–Crippen LogP) is 3.08. The van der Waals surface area contributed by atoms with Crippen molar-refractivity contribution in [1.29, 1.82) is 0 Å². The average Bonchev–Trinajstić information content (AvgIpc) is 3.18. The average molecular weight is 388 g/mol. The first kappa shape index (κ1) is 18.4. The van der Waals surface area contributed by atoms with E-state index in [-0.39, 0.29) is 11.4 Å². The minimum Gasteiger partial charge on any atom is -0.493 e. The lowest BCUT2D eigenvalue weighted by Crippen LogP contribution is -2.18. The first-order valence-corrected chi connectivity index (χ1v) is 9.13. The van der Waals surface area contributed by atoms with E-state index in [9.17, 15) is 4.79 Å². The first-order chi connectivity index (χ1) is 14.0. The summed E-state index contributed by atoms with van der Waals surface area (Å²) < 4.78 is 5.71. The predicted molar refractivity (Wildman–Crippen MR) is 111 cm³/mol. The number of nitrogens with one attached hydrogen (secondary N) is 1. The monoisotopic (exact) mass is 388 g/mol. The van der Waals surface area contributed by atoms with Crippen LogP contribution in [0.4, 0.5) is 5.69 Å². The summed E-state index contributed by atoms with van der Waals surface area (Å²) >= 11 is 0. The molecule has 0 radical (unpaired) electrons. The highest BCUT2D eigenvalue weighted by molar-refractivity contribution is 6.04. The van der Waals surface area contributed by atoms with Crippen molar-refractivity contribution in [3.05, 3.63) is 53.9 Å². The number of rotatable bonds is 5. The minimum atomic E-state index is -0.724. The molecule has 0 saturated carbocycles. The Kier molecular flexibility index (Phi) is 4.59. The standard InChI is InChI=1S/C21H20N6O2/c1-3-29-15-7-5-4-6-12(15)21-25-18(17(22)19(26-21)20(23)28)16-11(2)8-9-14-13(16)10-24-27-14/h4-10H,3,22H2,1-2H3,(H2,23,28)(H,24,27). The van der Waals surface area contributed by atoms with Crippen LogP contribution >= 0.6 is 0 Å². The highest BCUT2D eigenvalue weighted by atomic mass is 16.5. The van der Waals surface area contributed by atoms with Gasteiger partial charge in [0.15, 0.2) is 11.5 Å². The molecule has 0 atom stereocenters. The van der Waals surface area contributed by atoms with Crippen molar-refractivity contribution in [2.24, 2.45) is 5.73 Å². The normalized spacial score (nSPS) is 11.0. The molecule has 0 bridgehead atoms. The molecule has 4 aromatic rings. The molecule has 0 saturated heterocycles. The summed E-state index contributed by atoms with van der Waals surface area (Å²) in [6.45, 7) is 4.32. The third kappa shape index (κ3) is 3.14. The summed E-state index contributed by atoms with van der Waals surface area (Å²) in [5.41, 5.74) is 15.6. The van der Waals surface area contributed by atoms with Gasteiger partial charge in [-0.05, 0) is 37.6 Å². The number of nitrogens with two attached hydrogens (primary N) is 2. The Morgan fingerprint density at radius 2 is 1.97 bits per heavy atom. The van der Waals surface area contributed by atoms with Crippen molar-refractivity contribution in [2.45, 2.75) is 13.8 Å². The fraction of sp³-hybridized carbons (Fsp3) is 0.143. The molecule has 4 rings (SSSR count). The Hall–Kier alpha value is -3.94. The molecule has 0 aliphatic rings. The van der Waals surface area contributed by atoms with Crippen molar-refractivity contribution in [2.75, 3.05) is 12.3 Å². The molecule has 2 aromatic carbocycles. The van der Waals surface area contributed by atoms with Crippen LogP contribution in [-0.4, -0.2) is 32.7 Å². The molecule has 2 heterocycles. The number of hydrogen-bond donors (Lipinski definition) is 3. The second-order valence-electron chi connectivity index (χ2n) is 6.54. The number of hydrogen-bond acceptors (Lipinski definition) is 6. The highest BCUT2D eigenvalue weighted by Gasteiger charge is 2.22. The van der Waals surface area contributed by atoms with E-state index >= 15 is 0 Å². The molecule has 0 aliphatic carbocycles. The summed E-state index contributed by atoms with van der Waals surface area (Å²) in [5.74, 6) is 0.199. The first-order valence-electron chi connectivity index (χ1n) is 9.13. The molecular formula is C21H20N6O2. The zero-order chi connectivity index (χ0) is 20.5. The van der Waals surface area contributed by atoms with Gasteiger partial charge in [0.1, 0.15) is 5.75 Å². The molecule has 0 fully saturated rings. The number of aromatic amines is 1. The van der Waals surface area contributed by atoms with E-state index < -0.39 is 5.91 Å². The van der Waals surface area contributed by atoms with Gasteiger partial charge < -0.3 is 16.2 Å². The third-order valence-corrected chi connectivity index (χ3v) is 4.68. The van der Waals surface area contributed by atoms with Gasteiger partial charge in [-0.25, -0.2) is 9.97 Å². The zero-order valence-corrected chi connectivity index (χ0v) is 16.1. The van der Waals surface area contributed by atoms with E-state index in [1.807, 2.05) is 50.2 Å². The molecule has 0 aliphatic heterocycles. The topological polar surface area (TPSA) is 133 Å². The summed E-state index contributed by atoms with van der Waals surface area (Å²) in [6.07, 6.45) is 1.71. The van der Waals surface area contributed by atoms with Crippen LogP contribution in [-0.2, 0) is 0 Å². The number of H-pyrrole nitrogens is 1. The number of anilines is 1. The molecule has 5 N–H and O–H groups in total. The molecule has 0 spiro atoms. The van der Waals surface area contributed by atoms with Gasteiger partial charge >= 0.3 is 0 Å². The number of amides is 1. The van der Waals surface area contributed by atoms with Gasteiger partial charge in [0.05, 0.1) is 35.3 Å². The number of fused-ring (bicyclic) bond motifs is 1. The summed E-state index contributed by atoms with van der Waals surface area (Å²) in [7, 11) is 0. The van der Waals surface area contributed by atoms with Crippen LogP contribution in [0.25, 0.3) is 33.5 Å². The molecule has 29 heavy (non-hydrogen) atoms. The Morgan fingerprint density at radius 3 is 2.72 bits per heavy atom. The van der Waals surface area contributed by atoms with Crippen LogP contribution in [0, 0.1) is 6.92 Å². The maximum Gasteiger partial charge on any atom is 0.269 e. The lowest BCUT2D eigenvalue weighted by Gasteiger charge is -2.15. The Morgan fingerprint density at radius 1 is 1.17 bits per heavy atom. The summed E-state index contributed by atoms with van der Waals surface area (Å²) in [6, 6.07) is 11.2. The van der Waals surface area contributed by atoms with Gasteiger partial charge in [-0.3, -0.25) is 9.89 Å². The molecule has 0 unspecified atom stereocenters. The van der Waals surface area contributed by atoms with Gasteiger partial charge in [0.2, 0.25) is 0 Å². The number of nitrogen functional groups attached to an aromatic ring is 1. The smallest absolute Gasteiger partial charge is 0.269 e. The van der Waals surface area contributed by atoms with Crippen LogP contribution in [0.3, 0.4) is 0 Å². The Bertz CT molecular complexity index is 1230. The maximum absolute atomic E-state index is 12.1. The SMILES string of the molecule is CCOc1ccccc1-c1nc(C(N)=O)c(N)c(-c2c(C)ccc3[nH]ncc23)n1. The summed E-state index contributed by atoms with van der Waals surface area (Å²) in [4.78, 5) is 21.2. The van der Waals surface area contributed by atoms with E-state index in [4.69, 9.17) is 21.2 Å². The van der Waals surface area contributed by atoms with Crippen molar-refractivity contribution < 1.29 is 9.53 Å². The van der Waals surface area contributed by atoms with Crippen molar-refractivity contribution in [3.63, 3.8) is 0 Å². The maximum atomic E-state index is 12.1. The third-order valence-electron chi connectivity index (χ3n) is 4.68. The van der Waals surface area contributed by atoms with Crippen molar-refractivity contribution in [3.8, 4) is 28.4 Å². The highest BCUT2D eigenvalue weighted by Crippen LogP contribution is 2.37. The second kappa shape index (κ2) is 7.23. The van der Waals surface area contributed by atoms with Gasteiger partial charge in [0, 0.05) is 10.9 Å². The number of para-hydroxylation sites is 1. The molecule has 8 heteroatoms. The number of nitrogens with zero attached hydrogens (tertiary/aromatic N) is 3. The lowest BCUT2D eigenvalue weighted by atomic mass is 9.99. The van der Waals surface area contributed by atoms with Gasteiger partial charge in [-0.15, -0.1) is 0 Å². The number of aryl methyl sites for hydroxylation is 1. The van der Waals surface area contributed by atoms with Gasteiger partial charge in [0.25, 0.3) is 5.91 Å². The second-order valence-corrected chi connectivity index (χ2v) is 6.54. The minimum absolute atomic E-state index is 0.0313. The Balaban J connectivity index is 2.05. The van der Waals surface area contributed by atoms with E-state index in [1.165, 1.54) is 0 Å². The number of primary amides is 1. The molecule has 1 amide bonds. The molecule has 2 aromatic heterocycles. The quantitative estimate of drug-likeness (QED) is 0.481. The fourth-order valence-electron chi connectivity index (χ4n) is 3.34. The van der Waals surface area contributed by atoms with Crippen LogP contribution in [0.1, 0.15) is 23.0 Å². The van der Waals surface area contributed by atoms with Gasteiger partial charge in [-0.1, -0.05) is 18.2 Å². The fourth-order valence-corrected chi connectivity index (χ4v) is 3.34. The molecule has 8 nitrogen and oxygen atoms in total. The van der Waals surface area contributed by atoms with E-state index in [1.54, 1.807) is 6.20 Å². The summed E-state index contributed by atoms with van der Waals surface area (Å²) in [5, 5.41) is 7.90. The number of aromatic nitrogens is 4. The number of ether oxygens (including phenoxy) is 1. The van der Waals surface area contributed by atoms with Gasteiger partial charge in [-0.2, -0.15) is 5.10 Å². The lowest BCUT2D eigenvalue weighted by molar-refractivity contribution is 0.0996. The van der Waals surface area contributed by atoms with E-state index in [2.05, 4.69) is 15.2 Å². The van der Waals surface area contributed by atoms with Crippen LogP contribution in [0.5, 0.6) is 5.75 Å². The van der Waals surface area contributed by atoms with E-state index in [0.717, 1.165) is 22.0 Å². The van der Waals surface area contributed by atoms with Crippen LogP contribution in [0.15, 0.2) is 42.6 Å². The van der Waals surface area contributed by atoms with Crippen molar-refractivity contribution in [1.82, 2.24) is 20.2 Å².